The lowest BCUT2D eigenvalue weighted by Crippen LogP contribution is -2.27. The molecule has 1 aliphatic rings. The molecule has 2 nitrogen and oxygen atoms in total. The maximum atomic E-state index is 5.10. The van der Waals surface area contributed by atoms with Crippen molar-refractivity contribution in [1.29, 1.82) is 0 Å². The number of likely N-dealkylation sites (N-methyl/N-ethyl adjacent to an activating group) is 1. The summed E-state index contributed by atoms with van der Waals surface area (Å²) in [5.41, 5.74) is 0. The number of nitrogens with zero attached hydrogens (tertiary/aromatic N) is 1. The van der Waals surface area contributed by atoms with E-state index in [1.165, 1.54) is 0 Å². The lowest BCUT2D eigenvalue weighted by molar-refractivity contribution is 0.263. The van der Waals surface area contributed by atoms with E-state index < -0.39 is 0 Å². The van der Waals surface area contributed by atoms with Gasteiger partial charge in [0.25, 0.3) is 0 Å². The zero-order valence-corrected chi connectivity index (χ0v) is 6.26. The van der Waals surface area contributed by atoms with Crippen LogP contribution in [-0.2, 0) is 4.74 Å². The predicted octanol–water partition coefficient (Wildman–Crippen LogP) is 0.727. The second-order valence-electron chi connectivity index (χ2n) is 2.44. The van der Waals surface area contributed by atoms with Crippen LogP contribution in [-0.4, -0.2) is 37.2 Å². The highest BCUT2D eigenvalue weighted by atomic mass is 16.6. The molecule has 1 fully saturated rings. The van der Waals surface area contributed by atoms with Gasteiger partial charge >= 0.3 is 0 Å². The second kappa shape index (κ2) is 3.18. The highest BCUT2D eigenvalue weighted by Crippen LogP contribution is 2.09. The first-order valence-electron chi connectivity index (χ1n) is 3.70. The Hall–Kier alpha value is -0.0800. The molecule has 0 aromatic heterocycles. The minimum atomic E-state index is 0.560. The second-order valence-corrected chi connectivity index (χ2v) is 2.44. The Balaban J connectivity index is 2.05. The van der Waals surface area contributed by atoms with Crippen molar-refractivity contribution in [3.05, 3.63) is 0 Å². The number of hydrogen-bond donors (Lipinski definition) is 0. The van der Waals surface area contributed by atoms with E-state index in [2.05, 4.69) is 18.7 Å². The molecule has 0 bridgehead atoms. The molecule has 1 rings (SSSR count). The van der Waals surface area contributed by atoms with Gasteiger partial charge in [0.15, 0.2) is 0 Å². The van der Waals surface area contributed by atoms with Crippen molar-refractivity contribution >= 4 is 0 Å². The molecule has 0 amide bonds. The van der Waals surface area contributed by atoms with E-state index in [4.69, 9.17) is 4.74 Å². The van der Waals surface area contributed by atoms with E-state index in [1.807, 2.05) is 0 Å². The monoisotopic (exact) mass is 129 g/mol. The van der Waals surface area contributed by atoms with Gasteiger partial charge in [0, 0.05) is 6.54 Å². The molecular weight excluding hydrogens is 114 g/mol. The highest BCUT2D eigenvalue weighted by Gasteiger charge is 2.23. The summed E-state index contributed by atoms with van der Waals surface area (Å²) in [6.45, 7) is 8.79. The van der Waals surface area contributed by atoms with Gasteiger partial charge in [0.1, 0.15) is 0 Å². The minimum Gasteiger partial charge on any atom is -0.372 e. The zero-order chi connectivity index (χ0) is 6.69. The molecule has 0 spiro atoms. The first-order chi connectivity index (χ1) is 4.36. The van der Waals surface area contributed by atoms with Crippen molar-refractivity contribution in [2.45, 2.75) is 20.0 Å². The Bertz CT molecular complexity index is 77.0. The van der Waals surface area contributed by atoms with E-state index >= 15 is 0 Å². The van der Waals surface area contributed by atoms with Crippen LogP contribution in [0.5, 0.6) is 0 Å². The fraction of sp³-hybridized carbons (Fsp3) is 1.00. The molecule has 0 aliphatic carbocycles. The van der Waals surface area contributed by atoms with Crippen molar-refractivity contribution in [2.24, 2.45) is 0 Å². The van der Waals surface area contributed by atoms with Crippen molar-refractivity contribution in [3.63, 3.8) is 0 Å². The molecule has 2 heteroatoms. The first-order valence-corrected chi connectivity index (χ1v) is 3.70. The Kier molecular flexibility index (Phi) is 2.49. The Labute approximate surface area is 56.8 Å². The maximum absolute atomic E-state index is 5.10. The number of hydrogen-bond acceptors (Lipinski definition) is 2. The molecule has 1 saturated heterocycles. The Morgan fingerprint density at radius 3 is 2.33 bits per heavy atom. The molecule has 0 radical (unpaired) electrons. The average Bonchev–Trinajstić information content (AvgIpc) is 2.66. The van der Waals surface area contributed by atoms with Gasteiger partial charge in [-0.25, -0.2) is 0 Å². The van der Waals surface area contributed by atoms with Gasteiger partial charge < -0.3 is 9.64 Å². The van der Waals surface area contributed by atoms with Crippen LogP contribution in [0.2, 0.25) is 0 Å². The topological polar surface area (TPSA) is 15.8 Å². The van der Waals surface area contributed by atoms with Gasteiger partial charge in [-0.3, -0.25) is 0 Å². The Morgan fingerprint density at radius 2 is 2.00 bits per heavy atom. The van der Waals surface area contributed by atoms with Crippen LogP contribution in [0.25, 0.3) is 0 Å². The molecule has 9 heavy (non-hydrogen) atoms. The SMILES string of the molecule is CCN(CC)C[C@@H]1CO1. The summed E-state index contributed by atoms with van der Waals surface area (Å²) in [7, 11) is 0. The molecule has 1 atom stereocenters. The van der Waals surface area contributed by atoms with Crippen LogP contribution in [0.3, 0.4) is 0 Å². The van der Waals surface area contributed by atoms with E-state index in [9.17, 15) is 0 Å². The van der Waals surface area contributed by atoms with Crippen molar-refractivity contribution < 1.29 is 4.74 Å². The van der Waals surface area contributed by atoms with Crippen molar-refractivity contribution in [3.8, 4) is 0 Å². The van der Waals surface area contributed by atoms with Crippen LogP contribution < -0.4 is 0 Å². The Morgan fingerprint density at radius 1 is 1.44 bits per heavy atom. The van der Waals surface area contributed by atoms with Gasteiger partial charge in [-0.05, 0) is 13.1 Å². The normalized spacial score (nSPS) is 25.0. The molecule has 0 aromatic rings. The average molecular weight is 129 g/mol. The summed E-state index contributed by atoms with van der Waals surface area (Å²) in [6.07, 6.45) is 0.560. The lowest BCUT2D eigenvalue weighted by Gasteiger charge is -2.15. The van der Waals surface area contributed by atoms with Crippen LogP contribution in [0, 0.1) is 0 Å². The largest absolute Gasteiger partial charge is 0.372 e. The van der Waals surface area contributed by atoms with Gasteiger partial charge in [-0.15, -0.1) is 0 Å². The number of rotatable bonds is 4. The summed E-state index contributed by atoms with van der Waals surface area (Å²) in [5, 5.41) is 0. The summed E-state index contributed by atoms with van der Waals surface area (Å²) in [6, 6.07) is 0. The molecule has 1 aliphatic heterocycles. The molecule has 54 valence electrons. The summed E-state index contributed by atoms with van der Waals surface area (Å²) >= 11 is 0. The van der Waals surface area contributed by atoms with Crippen LogP contribution >= 0.6 is 0 Å². The molecule has 0 unspecified atom stereocenters. The molecule has 0 aromatic carbocycles. The van der Waals surface area contributed by atoms with E-state index in [0.29, 0.717) is 6.10 Å². The van der Waals surface area contributed by atoms with Crippen LogP contribution in [0.4, 0.5) is 0 Å². The van der Waals surface area contributed by atoms with E-state index in [0.717, 1.165) is 26.2 Å². The number of ether oxygens (including phenoxy) is 1. The van der Waals surface area contributed by atoms with Gasteiger partial charge in [-0.1, -0.05) is 13.8 Å². The predicted molar refractivity (Wildman–Crippen MR) is 37.5 cm³/mol. The first kappa shape index (κ1) is 7.03. The zero-order valence-electron chi connectivity index (χ0n) is 6.26. The van der Waals surface area contributed by atoms with Gasteiger partial charge in [-0.2, -0.15) is 0 Å². The van der Waals surface area contributed by atoms with Crippen LogP contribution in [0.1, 0.15) is 13.8 Å². The minimum absolute atomic E-state index is 0.560. The fourth-order valence-electron chi connectivity index (χ4n) is 0.943. The van der Waals surface area contributed by atoms with E-state index in [1.54, 1.807) is 0 Å². The van der Waals surface area contributed by atoms with Gasteiger partial charge in [0.05, 0.1) is 12.7 Å². The summed E-state index contributed by atoms with van der Waals surface area (Å²) in [5.74, 6) is 0. The maximum Gasteiger partial charge on any atom is 0.0936 e. The quantitative estimate of drug-likeness (QED) is 0.520. The third-order valence-electron chi connectivity index (χ3n) is 1.76. The molecule has 1 heterocycles. The molecule has 0 saturated carbocycles. The lowest BCUT2D eigenvalue weighted by atomic mass is 10.4. The smallest absolute Gasteiger partial charge is 0.0936 e. The van der Waals surface area contributed by atoms with Gasteiger partial charge in [0.2, 0.25) is 0 Å². The van der Waals surface area contributed by atoms with Crippen molar-refractivity contribution in [2.75, 3.05) is 26.2 Å². The van der Waals surface area contributed by atoms with Crippen molar-refractivity contribution in [1.82, 2.24) is 4.90 Å². The highest BCUT2D eigenvalue weighted by molar-refractivity contribution is 4.72. The summed E-state index contributed by atoms with van der Waals surface area (Å²) < 4.78 is 5.10. The van der Waals surface area contributed by atoms with E-state index in [-0.39, 0.29) is 0 Å². The standard InChI is InChI=1S/C7H15NO/c1-3-8(4-2)5-7-6-9-7/h7H,3-6H2,1-2H3/t7-/m1/s1. The third-order valence-corrected chi connectivity index (χ3v) is 1.76. The number of epoxide rings is 1. The molecular formula is C7H15NO. The summed E-state index contributed by atoms with van der Waals surface area (Å²) in [4.78, 5) is 2.39. The van der Waals surface area contributed by atoms with Crippen LogP contribution in [0.15, 0.2) is 0 Å². The fourth-order valence-corrected chi connectivity index (χ4v) is 0.943. The molecule has 0 N–H and O–H groups in total. The third kappa shape index (κ3) is 2.33.